The number of nitrogens with one attached hydrogen (secondary N) is 1. The largest absolute Gasteiger partial charge is 0.342 e. The van der Waals surface area contributed by atoms with E-state index in [1.165, 1.54) is 6.42 Å². The van der Waals surface area contributed by atoms with Gasteiger partial charge in [0.2, 0.25) is 5.91 Å². The van der Waals surface area contributed by atoms with E-state index in [2.05, 4.69) is 5.32 Å². The van der Waals surface area contributed by atoms with E-state index in [1.807, 2.05) is 11.0 Å². The van der Waals surface area contributed by atoms with Crippen LogP contribution in [0, 0.1) is 0 Å². The minimum Gasteiger partial charge on any atom is -0.342 e. The average Bonchev–Trinajstić information content (AvgIpc) is 2.46. The third-order valence-electron chi connectivity index (χ3n) is 3.41. The van der Waals surface area contributed by atoms with E-state index in [1.54, 1.807) is 22.9 Å². The predicted molar refractivity (Wildman–Crippen MR) is 74.0 cm³/mol. The van der Waals surface area contributed by atoms with Crippen molar-refractivity contribution in [3.63, 3.8) is 0 Å². The number of amides is 1. The number of carbonyl (C=O) groups excluding carboxylic acids is 1. The van der Waals surface area contributed by atoms with Gasteiger partial charge in [-0.2, -0.15) is 0 Å². The van der Waals surface area contributed by atoms with Crippen LogP contribution in [0.15, 0.2) is 29.2 Å². The topological polar surface area (TPSA) is 54.3 Å². The summed E-state index contributed by atoms with van der Waals surface area (Å²) in [7, 11) is 0. The van der Waals surface area contributed by atoms with Crippen molar-refractivity contribution in [3.8, 4) is 0 Å². The summed E-state index contributed by atoms with van der Waals surface area (Å²) in [4.78, 5) is 25.2. The van der Waals surface area contributed by atoms with Gasteiger partial charge in [-0.1, -0.05) is 6.07 Å². The number of hydrogen-bond acceptors (Lipinski definition) is 3. The van der Waals surface area contributed by atoms with Crippen molar-refractivity contribution < 1.29 is 4.79 Å². The monoisotopic (exact) mass is 263 g/mol. The maximum absolute atomic E-state index is 11.9. The molecule has 0 radical (unpaired) electrons. The van der Waals surface area contributed by atoms with Gasteiger partial charge in [-0.05, 0) is 25.3 Å². The molecule has 5 nitrogen and oxygen atoms in total. The van der Waals surface area contributed by atoms with Gasteiger partial charge in [0, 0.05) is 38.4 Å². The smallest absolute Gasteiger partial charge is 0.250 e. The van der Waals surface area contributed by atoms with Gasteiger partial charge in [-0.15, -0.1) is 0 Å². The van der Waals surface area contributed by atoms with Crippen LogP contribution in [0.5, 0.6) is 0 Å². The van der Waals surface area contributed by atoms with E-state index in [0.29, 0.717) is 19.6 Å². The minimum atomic E-state index is -0.00772. The fourth-order valence-corrected chi connectivity index (χ4v) is 2.30. The molecule has 1 aromatic rings. The lowest BCUT2D eigenvalue weighted by atomic mass is 10.1. The molecule has 1 saturated heterocycles. The molecule has 19 heavy (non-hydrogen) atoms. The highest BCUT2D eigenvalue weighted by molar-refractivity contribution is 5.78. The Labute approximate surface area is 113 Å². The molecule has 0 unspecified atom stereocenters. The van der Waals surface area contributed by atoms with E-state index in [9.17, 15) is 9.59 Å². The molecule has 1 amide bonds. The van der Waals surface area contributed by atoms with Gasteiger partial charge in [0.15, 0.2) is 0 Å². The second-order valence-corrected chi connectivity index (χ2v) is 4.85. The zero-order valence-electron chi connectivity index (χ0n) is 11.2. The van der Waals surface area contributed by atoms with Gasteiger partial charge in [0.25, 0.3) is 5.56 Å². The van der Waals surface area contributed by atoms with Crippen LogP contribution in [0.1, 0.15) is 19.3 Å². The molecule has 1 N–H and O–H groups in total. The first-order chi connectivity index (χ1) is 9.27. The number of piperidine rings is 1. The first-order valence-corrected chi connectivity index (χ1v) is 6.91. The summed E-state index contributed by atoms with van der Waals surface area (Å²) in [5, 5.41) is 3.11. The molecule has 104 valence electrons. The van der Waals surface area contributed by atoms with Crippen LogP contribution in [0.2, 0.25) is 0 Å². The number of nitrogens with zero attached hydrogens (tertiary/aromatic N) is 2. The molecule has 1 aliphatic heterocycles. The Balaban J connectivity index is 1.68. The quantitative estimate of drug-likeness (QED) is 0.785. The van der Waals surface area contributed by atoms with Gasteiger partial charge < -0.3 is 14.8 Å². The summed E-state index contributed by atoms with van der Waals surface area (Å²) in [6.07, 6.45) is 5.22. The molecule has 0 spiro atoms. The molecule has 5 heteroatoms. The molecule has 1 aromatic heterocycles. The van der Waals surface area contributed by atoms with E-state index >= 15 is 0 Å². The molecule has 0 aliphatic carbocycles. The molecular formula is C14H21N3O2. The standard InChI is InChI=1S/C14H21N3O2/c18-13-6-2-5-10-17(13)11-7-15-12-14(19)16-8-3-1-4-9-16/h2,5-6,10,15H,1,3-4,7-9,11-12H2. The summed E-state index contributed by atoms with van der Waals surface area (Å²) in [5.74, 6) is 0.167. The molecule has 0 aromatic carbocycles. The Morgan fingerprint density at radius 1 is 1.21 bits per heavy atom. The molecule has 1 aliphatic rings. The van der Waals surface area contributed by atoms with Gasteiger partial charge in [0.1, 0.15) is 0 Å². The van der Waals surface area contributed by atoms with Crippen LogP contribution in [-0.2, 0) is 11.3 Å². The minimum absolute atomic E-state index is 0.00772. The number of carbonyl (C=O) groups is 1. The Hall–Kier alpha value is -1.62. The third kappa shape index (κ3) is 4.21. The molecule has 1 fully saturated rings. The summed E-state index contributed by atoms with van der Waals surface area (Å²) in [6.45, 7) is 3.36. The number of likely N-dealkylation sites (tertiary alicyclic amines) is 1. The van der Waals surface area contributed by atoms with Crippen molar-refractivity contribution in [1.82, 2.24) is 14.8 Å². The number of rotatable bonds is 5. The van der Waals surface area contributed by atoms with E-state index in [-0.39, 0.29) is 11.5 Å². The molecule has 2 rings (SSSR count). The first-order valence-electron chi connectivity index (χ1n) is 6.91. The molecular weight excluding hydrogens is 242 g/mol. The summed E-state index contributed by atoms with van der Waals surface area (Å²) < 4.78 is 1.64. The van der Waals surface area contributed by atoms with Gasteiger partial charge in [-0.3, -0.25) is 9.59 Å². The van der Waals surface area contributed by atoms with Crippen LogP contribution in [0.25, 0.3) is 0 Å². The van der Waals surface area contributed by atoms with Crippen LogP contribution >= 0.6 is 0 Å². The van der Waals surface area contributed by atoms with Crippen molar-refractivity contribution in [2.75, 3.05) is 26.2 Å². The van der Waals surface area contributed by atoms with E-state index < -0.39 is 0 Å². The van der Waals surface area contributed by atoms with Crippen molar-refractivity contribution in [3.05, 3.63) is 34.7 Å². The highest BCUT2D eigenvalue weighted by Crippen LogP contribution is 2.07. The number of aromatic nitrogens is 1. The van der Waals surface area contributed by atoms with E-state index in [4.69, 9.17) is 0 Å². The van der Waals surface area contributed by atoms with Crippen LogP contribution in [0.4, 0.5) is 0 Å². The van der Waals surface area contributed by atoms with Gasteiger partial charge in [-0.25, -0.2) is 0 Å². The van der Waals surface area contributed by atoms with Crippen molar-refractivity contribution in [2.24, 2.45) is 0 Å². The maximum atomic E-state index is 11.9. The molecule has 0 saturated carbocycles. The maximum Gasteiger partial charge on any atom is 0.250 e. The lowest BCUT2D eigenvalue weighted by Crippen LogP contribution is -2.41. The molecule has 2 heterocycles. The number of pyridine rings is 1. The predicted octanol–water partition coefficient (Wildman–Crippen LogP) is 0.450. The van der Waals surface area contributed by atoms with Gasteiger partial charge >= 0.3 is 0 Å². The zero-order valence-corrected chi connectivity index (χ0v) is 11.2. The second kappa shape index (κ2) is 7.09. The highest BCUT2D eigenvalue weighted by Gasteiger charge is 2.15. The highest BCUT2D eigenvalue weighted by atomic mass is 16.2. The lowest BCUT2D eigenvalue weighted by Gasteiger charge is -2.26. The van der Waals surface area contributed by atoms with Crippen molar-refractivity contribution in [1.29, 1.82) is 0 Å². The Morgan fingerprint density at radius 2 is 2.00 bits per heavy atom. The second-order valence-electron chi connectivity index (χ2n) is 4.85. The number of hydrogen-bond donors (Lipinski definition) is 1. The van der Waals surface area contributed by atoms with Crippen molar-refractivity contribution in [2.45, 2.75) is 25.8 Å². The molecule has 0 atom stereocenters. The van der Waals surface area contributed by atoms with E-state index in [0.717, 1.165) is 25.9 Å². The SMILES string of the molecule is O=C(CNCCn1ccccc1=O)N1CCCCC1. The zero-order chi connectivity index (χ0) is 13.5. The van der Waals surface area contributed by atoms with Crippen LogP contribution in [-0.4, -0.2) is 41.6 Å². The van der Waals surface area contributed by atoms with Gasteiger partial charge in [0.05, 0.1) is 6.54 Å². The Bertz CT molecular complexity index is 464. The lowest BCUT2D eigenvalue weighted by molar-refractivity contribution is -0.131. The van der Waals surface area contributed by atoms with Crippen LogP contribution < -0.4 is 10.9 Å². The normalized spacial score (nSPS) is 15.5. The van der Waals surface area contributed by atoms with Crippen LogP contribution in [0.3, 0.4) is 0 Å². The molecule has 0 bridgehead atoms. The Kier molecular flexibility index (Phi) is 5.15. The fraction of sp³-hybridized carbons (Fsp3) is 0.571. The fourth-order valence-electron chi connectivity index (χ4n) is 2.30. The summed E-state index contributed by atoms with van der Waals surface area (Å²) in [5.41, 5.74) is -0.00772. The average molecular weight is 263 g/mol. The first kappa shape index (κ1) is 13.8. The summed E-state index contributed by atoms with van der Waals surface area (Å²) in [6, 6.07) is 5.10. The Morgan fingerprint density at radius 3 is 2.74 bits per heavy atom. The third-order valence-corrected chi connectivity index (χ3v) is 3.41. The summed E-state index contributed by atoms with van der Waals surface area (Å²) >= 11 is 0. The van der Waals surface area contributed by atoms with Crippen molar-refractivity contribution >= 4 is 5.91 Å².